The first-order chi connectivity index (χ1) is 6.84. The van der Waals surface area contributed by atoms with Gasteiger partial charge in [-0.3, -0.25) is 5.10 Å². The van der Waals surface area contributed by atoms with Crippen molar-refractivity contribution in [2.45, 2.75) is 26.2 Å². The van der Waals surface area contributed by atoms with E-state index >= 15 is 0 Å². The lowest BCUT2D eigenvalue weighted by molar-refractivity contribution is 0.502. The van der Waals surface area contributed by atoms with Crippen molar-refractivity contribution in [1.29, 1.82) is 0 Å². The van der Waals surface area contributed by atoms with Crippen LogP contribution in [0.2, 0.25) is 0 Å². The predicted octanol–water partition coefficient (Wildman–Crippen LogP) is 2.08. The minimum absolute atomic E-state index is 0.800. The Morgan fingerprint density at radius 1 is 1.43 bits per heavy atom. The summed E-state index contributed by atoms with van der Waals surface area (Å²) in [5, 5.41) is 8.18. The van der Waals surface area contributed by atoms with Crippen molar-refractivity contribution in [3.63, 3.8) is 0 Å². The molecular weight excluding hydrogens is 174 g/mol. The molecule has 2 aromatic rings. The molecule has 14 heavy (non-hydrogen) atoms. The number of hydrogen-bond donors (Lipinski definition) is 1. The highest BCUT2D eigenvalue weighted by Gasteiger charge is 2.18. The van der Waals surface area contributed by atoms with Crippen LogP contribution in [-0.2, 0) is 12.8 Å². The van der Waals surface area contributed by atoms with Crippen LogP contribution in [0.25, 0.3) is 11.0 Å². The van der Waals surface area contributed by atoms with Gasteiger partial charge in [0.05, 0.1) is 6.20 Å². The van der Waals surface area contributed by atoms with Gasteiger partial charge in [-0.2, -0.15) is 5.10 Å². The molecule has 3 heteroatoms. The molecule has 1 aliphatic carbocycles. The number of pyridine rings is 1. The van der Waals surface area contributed by atoms with Crippen LogP contribution in [0.4, 0.5) is 0 Å². The van der Waals surface area contributed by atoms with Crippen LogP contribution in [0, 0.1) is 5.92 Å². The topological polar surface area (TPSA) is 41.6 Å². The summed E-state index contributed by atoms with van der Waals surface area (Å²) < 4.78 is 0. The first-order valence-corrected chi connectivity index (χ1v) is 5.14. The second-order valence-corrected chi connectivity index (χ2v) is 4.24. The third-order valence-electron chi connectivity index (χ3n) is 3.14. The summed E-state index contributed by atoms with van der Waals surface area (Å²) in [5.74, 6) is 0.800. The van der Waals surface area contributed by atoms with Crippen LogP contribution in [-0.4, -0.2) is 15.2 Å². The quantitative estimate of drug-likeness (QED) is 0.686. The molecule has 0 spiro atoms. The van der Waals surface area contributed by atoms with Gasteiger partial charge in [-0.15, -0.1) is 0 Å². The van der Waals surface area contributed by atoms with Gasteiger partial charge in [0.2, 0.25) is 0 Å². The van der Waals surface area contributed by atoms with Gasteiger partial charge in [-0.1, -0.05) is 6.92 Å². The van der Waals surface area contributed by atoms with Crippen LogP contribution in [0.1, 0.15) is 24.5 Å². The highest BCUT2D eigenvalue weighted by atomic mass is 15.1. The molecule has 0 fully saturated rings. The lowest BCUT2D eigenvalue weighted by atomic mass is 9.85. The van der Waals surface area contributed by atoms with Gasteiger partial charge in [-0.05, 0) is 36.3 Å². The van der Waals surface area contributed by atoms with Crippen molar-refractivity contribution in [2.75, 3.05) is 0 Å². The molecule has 72 valence electrons. The zero-order chi connectivity index (χ0) is 9.54. The number of aromatic nitrogens is 3. The lowest BCUT2D eigenvalue weighted by Gasteiger charge is -2.21. The van der Waals surface area contributed by atoms with Gasteiger partial charge in [0.25, 0.3) is 0 Å². The molecule has 0 saturated heterocycles. The number of rotatable bonds is 0. The molecule has 0 aliphatic heterocycles. The van der Waals surface area contributed by atoms with Gasteiger partial charge in [0.1, 0.15) is 0 Å². The van der Waals surface area contributed by atoms with Crippen molar-refractivity contribution in [3.8, 4) is 0 Å². The highest BCUT2D eigenvalue weighted by Crippen LogP contribution is 2.28. The standard InChI is InChI=1S/C11H13N3/c1-7-2-3-9-8(4-7)5-12-11-10(9)6-13-14-11/h5-7H,2-4H2,1H3,(H,12,13,14). The monoisotopic (exact) mass is 187 g/mol. The van der Waals surface area contributed by atoms with E-state index in [1.807, 2.05) is 12.4 Å². The SMILES string of the molecule is CC1CCc2c(cnc3[nH]ncc23)C1. The number of nitrogens with one attached hydrogen (secondary N) is 1. The number of aromatic amines is 1. The molecular formula is C11H13N3. The molecule has 0 amide bonds. The smallest absolute Gasteiger partial charge is 0.155 e. The van der Waals surface area contributed by atoms with Crippen molar-refractivity contribution in [1.82, 2.24) is 15.2 Å². The van der Waals surface area contributed by atoms with Gasteiger partial charge in [0.15, 0.2) is 5.65 Å². The Kier molecular flexibility index (Phi) is 1.60. The van der Waals surface area contributed by atoms with E-state index in [9.17, 15) is 0 Å². The van der Waals surface area contributed by atoms with Gasteiger partial charge in [0, 0.05) is 11.6 Å². The summed E-state index contributed by atoms with van der Waals surface area (Å²) in [6.07, 6.45) is 7.54. The summed E-state index contributed by atoms with van der Waals surface area (Å²) in [5.41, 5.74) is 3.80. The number of nitrogens with zero attached hydrogens (tertiary/aromatic N) is 2. The summed E-state index contributed by atoms with van der Waals surface area (Å²) in [7, 11) is 0. The maximum absolute atomic E-state index is 4.37. The molecule has 3 rings (SSSR count). The third kappa shape index (κ3) is 1.05. The molecule has 1 unspecified atom stereocenters. The Bertz CT molecular complexity index is 472. The molecule has 1 N–H and O–H groups in total. The molecule has 0 bridgehead atoms. The minimum atomic E-state index is 0.800. The van der Waals surface area contributed by atoms with E-state index in [0.717, 1.165) is 11.6 Å². The molecule has 2 aromatic heterocycles. The first kappa shape index (κ1) is 7.97. The normalized spacial score (nSPS) is 21.1. The zero-order valence-electron chi connectivity index (χ0n) is 8.25. The Hall–Kier alpha value is -1.38. The average molecular weight is 187 g/mol. The second kappa shape index (κ2) is 2.80. The van der Waals surface area contributed by atoms with E-state index in [1.165, 1.54) is 35.8 Å². The molecule has 1 atom stereocenters. The largest absolute Gasteiger partial charge is 0.261 e. The lowest BCUT2D eigenvalue weighted by Crippen LogP contribution is -2.11. The van der Waals surface area contributed by atoms with Crippen molar-refractivity contribution in [3.05, 3.63) is 23.5 Å². The maximum atomic E-state index is 4.37. The molecule has 2 heterocycles. The van der Waals surface area contributed by atoms with E-state index in [4.69, 9.17) is 0 Å². The van der Waals surface area contributed by atoms with Crippen LogP contribution in [0.15, 0.2) is 12.4 Å². The molecule has 3 nitrogen and oxygen atoms in total. The number of H-pyrrole nitrogens is 1. The van der Waals surface area contributed by atoms with Crippen LogP contribution >= 0.6 is 0 Å². The zero-order valence-corrected chi connectivity index (χ0v) is 8.25. The van der Waals surface area contributed by atoms with Gasteiger partial charge < -0.3 is 0 Å². The van der Waals surface area contributed by atoms with Gasteiger partial charge in [-0.25, -0.2) is 4.98 Å². The number of fused-ring (bicyclic) bond motifs is 3. The fraction of sp³-hybridized carbons (Fsp3) is 0.455. The number of aryl methyl sites for hydroxylation is 1. The van der Waals surface area contributed by atoms with Crippen LogP contribution < -0.4 is 0 Å². The third-order valence-corrected chi connectivity index (χ3v) is 3.14. The Balaban J connectivity index is 2.24. The Labute approximate surface area is 82.5 Å². The van der Waals surface area contributed by atoms with Crippen molar-refractivity contribution in [2.24, 2.45) is 5.92 Å². The highest BCUT2D eigenvalue weighted by molar-refractivity contribution is 5.79. The molecule has 1 aliphatic rings. The summed E-state index contributed by atoms with van der Waals surface area (Å²) in [6.45, 7) is 2.31. The molecule has 0 radical (unpaired) electrons. The van der Waals surface area contributed by atoms with Crippen LogP contribution in [0.5, 0.6) is 0 Å². The van der Waals surface area contributed by atoms with Gasteiger partial charge >= 0.3 is 0 Å². The summed E-state index contributed by atoms with van der Waals surface area (Å²) in [4.78, 5) is 4.37. The van der Waals surface area contributed by atoms with E-state index in [2.05, 4.69) is 22.1 Å². The minimum Gasteiger partial charge on any atom is -0.261 e. The average Bonchev–Trinajstić information content (AvgIpc) is 2.65. The van der Waals surface area contributed by atoms with E-state index in [-0.39, 0.29) is 0 Å². The number of hydrogen-bond acceptors (Lipinski definition) is 2. The van der Waals surface area contributed by atoms with E-state index in [0.29, 0.717) is 0 Å². The Morgan fingerprint density at radius 3 is 3.29 bits per heavy atom. The van der Waals surface area contributed by atoms with E-state index in [1.54, 1.807) is 0 Å². The predicted molar refractivity (Wildman–Crippen MR) is 55.1 cm³/mol. The molecule has 0 saturated carbocycles. The molecule has 0 aromatic carbocycles. The first-order valence-electron chi connectivity index (χ1n) is 5.14. The fourth-order valence-electron chi connectivity index (χ4n) is 2.33. The fourth-order valence-corrected chi connectivity index (χ4v) is 2.33. The van der Waals surface area contributed by atoms with Crippen molar-refractivity contribution < 1.29 is 0 Å². The summed E-state index contributed by atoms with van der Waals surface area (Å²) in [6, 6.07) is 0. The maximum Gasteiger partial charge on any atom is 0.155 e. The Morgan fingerprint density at radius 2 is 2.36 bits per heavy atom. The van der Waals surface area contributed by atoms with Crippen molar-refractivity contribution >= 4 is 11.0 Å². The van der Waals surface area contributed by atoms with E-state index < -0.39 is 0 Å². The summed E-state index contributed by atoms with van der Waals surface area (Å²) >= 11 is 0. The van der Waals surface area contributed by atoms with Crippen LogP contribution in [0.3, 0.4) is 0 Å². The second-order valence-electron chi connectivity index (χ2n) is 4.24.